The van der Waals surface area contributed by atoms with Crippen molar-refractivity contribution in [2.75, 3.05) is 7.11 Å². The van der Waals surface area contributed by atoms with Crippen molar-refractivity contribution >= 4 is 5.97 Å². The lowest BCUT2D eigenvalue weighted by molar-refractivity contribution is -0.485. The lowest BCUT2D eigenvalue weighted by atomic mass is 9.83. The summed E-state index contributed by atoms with van der Waals surface area (Å²) in [5.74, 6) is -116. The number of phenolic OH excluding ortho intramolecular Hbond substituents is 1. The average Bonchev–Trinajstić information content (AvgIpc) is 2.94. The molecule has 0 saturated carbocycles. The van der Waals surface area contributed by atoms with Gasteiger partial charge in [-0.3, -0.25) is 0 Å². The molecule has 1 aromatic carbocycles. The number of alkyl halides is 27. The average molecular weight is 820 g/mol. The topological polar surface area (TPSA) is 46.5 Å². The SMILES string of the molecule is COC(=O)c1c(O)cccc1C(F)(F)C(F)(F)C(F)(F)C(F)(F)C(F)(F)C(F)(F)C(F)(F)C(F)(F)C(F)(F)C(F)(F)C(F)(F)C(F)(F)C(F)(F)F. The number of carbonyl (C=O) groups excluding carboxylic acids is 1. The van der Waals surface area contributed by atoms with E-state index in [1.807, 2.05) is 0 Å². The predicted molar refractivity (Wildman–Crippen MR) is 104 cm³/mol. The van der Waals surface area contributed by atoms with Crippen LogP contribution in [-0.4, -0.2) is 89.5 Å². The molecule has 0 amide bonds. The Hall–Kier alpha value is -3.40. The molecule has 0 atom stereocenters. The van der Waals surface area contributed by atoms with E-state index in [0.29, 0.717) is 0 Å². The summed E-state index contributed by atoms with van der Waals surface area (Å²) in [6, 6.07) is -0.824. The van der Waals surface area contributed by atoms with Crippen LogP contribution in [0.4, 0.5) is 119 Å². The van der Waals surface area contributed by atoms with E-state index >= 15 is 0 Å². The third-order valence-corrected chi connectivity index (χ3v) is 6.46. The van der Waals surface area contributed by atoms with Crippen LogP contribution in [0.3, 0.4) is 0 Å². The van der Waals surface area contributed by atoms with E-state index in [1.54, 1.807) is 0 Å². The van der Waals surface area contributed by atoms with E-state index in [9.17, 15) is 128 Å². The maximum Gasteiger partial charge on any atom is 0.460 e. The van der Waals surface area contributed by atoms with E-state index in [2.05, 4.69) is 4.74 Å². The molecule has 51 heavy (non-hydrogen) atoms. The zero-order valence-corrected chi connectivity index (χ0v) is 22.7. The fourth-order valence-electron chi connectivity index (χ4n) is 3.44. The van der Waals surface area contributed by atoms with Gasteiger partial charge in [0.1, 0.15) is 11.3 Å². The molecule has 0 unspecified atom stereocenters. The van der Waals surface area contributed by atoms with Gasteiger partial charge < -0.3 is 9.84 Å². The molecule has 3 nitrogen and oxygen atoms in total. The number of rotatable bonds is 13. The Morgan fingerprint density at radius 2 is 0.706 bits per heavy atom. The van der Waals surface area contributed by atoms with Gasteiger partial charge in [-0.2, -0.15) is 119 Å². The van der Waals surface area contributed by atoms with Gasteiger partial charge in [-0.25, -0.2) is 4.79 Å². The molecule has 0 fully saturated rings. The van der Waals surface area contributed by atoms with Crippen molar-refractivity contribution in [2.24, 2.45) is 0 Å². The van der Waals surface area contributed by atoms with Crippen LogP contribution in [0.2, 0.25) is 0 Å². The summed E-state index contributed by atoms with van der Waals surface area (Å²) in [6.07, 6.45) is -8.28. The maximum atomic E-state index is 14.6. The van der Waals surface area contributed by atoms with Gasteiger partial charge in [0.2, 0.25) is 0 Å². The van der Waals surface area contributed by atoms with Crippen LogP contribution in [0, 0.1) is 0 Å². The van der Waals surface area contributed by atoms with Gasteiger partial charge in [-0.05, 0) is 6.07 Å². The first-order valence-electron chi connectivity index (χ1n) is 11.4. The Balaban J connectivity index is 4.06. The van der Waals surface area contributed by atoms with Gasteiger partial charge in [-0.1, -0.05) is 12.1 Å². The molecule has 0 bridgehead atoms. The van der Waals surface area contributed by atoms with Gasteiger partial charge in [0.25, 0.3) is 0 Å². The van der Waals surface area contributed by atoms with Crippen LogP contribution >= 0.6 is 0 Å². The second kappa shape index (κ2) is 11.8. The first-order chi connectivity index (χ1) is 21.9. The molecular formula is C21H7F27O3. The first-order valence-corrected chi connectivity index (χ1v) is 11.4. The lowest BCUT2D eigenvalue weighted by Crippen LogP contribution is -2.78. The predicted octanol–water partition coefficient (Wildman–Crippen LogP) is 9.82. The van der Waals surface area contributed by atoms with Crippen molar-refractivity contribution in [3.63, 3.8) is 0 Å². The second-order valence-corrected chi connectivity index (χ2v) is 9.58. The third-order valence-electron chi connectivity index (χ3n) is 6.46. The summed E-state index contributed by atoms with van der Waals surface area (Å²) in [7, 11) is 0.137. The molecule has 0 aliphatic heterocycles. The highest BCUT2D eigenvalue weighted by Crippen LogP contribution is 2.69. The number of carbonyl (C=O) groups is 1. The number of aromatic hydroxyl groups is 1. The minimum Gasteiger partial charge on any atom is -0.507 e. The van der Waals surface area contributed by atoms with E-state index in [-0.39, 0.29) is 19.2 Å². The molecule has 1 N–H and O–H groups in total. The van der Waals surface area contributed by atoms with Gasteiger partial charge >= 0.3 is 83.2 Å². The fraction of sp³-hybridized carbons (Fsp3) is 0.667. The molecule has 1 rings (SSSR count). The smallest absolute Gasteiger partial charge is 0.460 e. The Morgan fingerprint density at radius 3 is 0.961 bits per heavy atom. The number of esters is 1. The van der Waals surface area contributed by atoms with Crippen molar-refractivity contribution in [1.29, 1.82) is 0 Å². The number of hydrogen-bond donors (Lipinski definition) is 1. The Bertz CT molecular complexity index is 1470. The molecule has 0 radical (unpaired) electrons. The molecule has 1 aromatic rings. The van der Waals surface area contributed by atoms with E-state index in [1.165, 1.54) is 0 Å². The quantitative estimate of drug-likeness (QED) is 0.159. The zero-order chi connectivity index (χ0) is 41.6. The number of methoxy groups -OCH3 is 1. The van der Waals surface area contributed by atoms with Crippen LogP contribution in [0.25, 0.3) is 0 Å². The molecule has 0 aromatic heterocycles. The van der Waals surface area contributed by atoms with Crippen LogP contribution in [-0.2, 0) is 10.7 Å². The molecule has 0 heterocycles. The first kappa shape index (κ1) is 45.6. The number of benzene rings is 1. The Labute approximate surface area is 259 Å². The van der Waals surface area contributed by atoms with E-state index < -0.39 is 106 Å². The van der Waals surface area contributed by atoms with Crippen LogP contribution < -0.4 is 0 Å². The maximum absolute atomic E-state index is 14.6. The lowest BCUT2D eigenvalue weighted by Gasteiger charge is -2.46. The van der Waals surface area contributed by atoms with E-state index in [0.717, 1.165) is 0 Å². The molecule has 0 saturated heterocycles. The van der Waals surface area contributed by atoms with Gasteiger partial charge in [0, 0.05) is 5.56 Å². The van der Waals surface area contributed by atoms with Gasteiger partial charge in [0.05, 0.1) is 7.11 Å². The molecule has 0 aliphatic carbocycles. The highest BCUT2D eigenvalue weighted by Gasteiger charge is 3.00. The normalized spacial score (nSPS) is 16.0. The highest BCUT2D eigenvalue weighted by atomic mass is 19.4. The zero-order valence-electron chi connectivity index (χ0n) is 22.7. The standard InChI is InChI=1S/C21H7F27O3/c1-51-8(50)7-5(3-2-4-6(7)49)9(22,23)10(24,25)11(26,27)12(28,29)13(30,31)14(32,33)15(34,35)16(36,37)17(38,39)18(40,41)19(42,43)20(44,45)21(46,47)48/h2-4,49H,1H3. The highest BCUT2D eigenvalue weighted by molar-refractivity contribution is 5.94. The van der Waals surface area contributed by atoms with Gasteiger partial charge in [0.15, 0.2) is 0 Å². The van der Waals surface area contributed by atoms with Crippen molar-refractivity contribution < 1.29 is 133 Å². The third kappa shape index (κ3) is 5.43. The van der Waals surface area contributed by atoms with Crippen LogP contribution in [0.5, 0.6) is 5.75 Å². The molecular weight excluding hydrogens is 813 g/mol. The number of hydrogen-bond acceptors (Lipinski definition) is 3. The fourth-order valence-corrected chi connectivity index (χ4v) is 3.44. The van der Waals surface area contributed by atoms with Crippen LogP contribution in [0.1, 0.15) is 15.9 Å². The molecule has 30 heteroatoms. The summed E-state index contributed by atoms with van der Waals surface area (Å²) < 4.78 is 373. The summed E-state index contributed by atoms with van der Waals surface area (Å²) in [5.41, 5.74) is -5.62. The van der Waals surface area contributed by atoms with E-state index in [4.69, 9.17) is 0 Å². The summed E-state index contributed by atoms with van der Waals surface area (Å²) in [5, 5.41) is 9.40. The number of phenols is 1. The van der Waals surface area contributed by atoms with Crippen LogP contribution in [0.15, 0.2) is 18.2 Å². The molecule has 298 valence electrons. The Kier molecular flexibility index (Phi) is 10.6. The monoisotopic (exact) mass is 820 g/mol. The molecule has 0 spiro atoms. The van der Waals surface area contributed by atoms with Crippen molar-refractivity contribution in [1.82, 2.24) is 0 Å². The van der Waals surface area contributed by atoms with Crippen molar-refractivity contribution in [3.05, 3.63) is 29.3 Å². The summed E-state index contributed by atoms with van der Waals surface area (Å²) >= 11 is 0. The largest absolute Gasteiger partial charge is 0.507 e. The summed E-state index contributed by atoms with van der Waals surface area (Å²) in [4.78, 5) is 11.6. The summed E-state index contributed by atoms with van der Waals surface area (Å²) in [6.45, 7) is 0. The number of ether oxygens (including phenoxy) is 1. The second-order valence-electron chi connectivity index (χ2n) is 9.58. The minimum absolute atomic E-state index is 0.0348. The van der Waals surface area contributed by atoms with Crippen molar-refractivity contribution in [3.8, 4) is 5.75 Å². The van der Waals surface area contributed by atoms with Gasteiger partial charge in [-0.15, -0.1) is 0 Å². The number of halogens is 27. The minimum atomic E-state index is -9.87. The molecule has 0 aliphatic rings. The van der Waals surface area contributed by atoms with Crippen molar-refractivity contribution in [2.45, 2.75) is 77.2 Å². The Morgan fingerprint density at radius 1 is 0.451 bits per heavy atom.